The zero-order valence-electron chi connectivity index (χ0n) is 16.8. The van der Waals surface area contributed by atoms with Crippen molar-refractivity contribution in [2.75, 3.05) is 25.1 Å². The summed E-state index contributed by atoms with van der Waals surface area (Å²) in [4.78, 5) is 27.8. The number of amides is 2. The Labute approximate surface area is 166 Å². The molecule has 148 valence electrons. The maximum Gasteiger partial charge on any atom is 0.242 e. The lowest BCUT2D eigenvalue weighted by molar-refractivity contribution is -0.135. The van der Waals surface area contributed by atoms with Crippen LogP contribution >= 0.6 is 0 Å². The van der Waals surface area contributed by atoms with Crippen molar-refractivity contribution in [2.24, 2.45) is 5.41 Å². The smallest absolute Gasteiger partial charge is 0.242 e. The number of carbonyl (C=O) groups is 2. The Bertz CT molecular complexity index is 858. The summed E-state index contributed by atoms with van der Waals surface area (Å²) in [5.74, 6) is 0.541. The van der Waals surface area contributed by atoms with Gasteiger partial charge in [-0.1, -0.05) is 30.3 Å². The van der Waals surface area contributed by atoms with Crippen molar-refractivity contribution in [1.29, 1.82) is 0 Å². The second kappa shape index (κ2) is 8.46. The average molecular weight is 380 g/mol. The van der Waals surface area contributed by atoms with Crippen LogP contribution < -0.4 is 15.0 Å². The van der Waals surface area contributed by atoms with Crippen LogP contribution in [0.25, 0.3) is 0 Å². The quantitative estimate of drug-likeness (QED) is 0.713. The molecule has 5 nitrogen and oxygen atoms in total. The normalized spacial score (nSPS) is 14.2. The van der Waals surface area contributed by atoms with Gasteiger partial charge in [-0.25, -0.2) is 0 Å². The van der Waals surface area contributed by atoms with E-state index in [9.17, 15) is 9.59 Å². The molecule has 2 aromatic carbocycles. The van der Waals surface area contributed by atoms with Gasteiger partial charge in [0.25, 0.3) is 0 Å². The number of hydrogen-bond acceptors (Lipinski definition) is 3. The molecule has 1 fully saturated rings. The van der Waals surface area contributed by atoms with Gasteiger partial charge in [0.1, 0.15) is 11.2 Å². The predicted octanol–water partition coefficient (Wildman–Crippen LogP) is 3.50. The number of methoxy groups -OCH3 is 1. The summed E-state index contributed by atoms with van der Waals surface area (Å²) in [5.41, 5.74) is 2.06. The van der Waals surface area contributed by atoms with Gasteiger partial charge < -0.3 is 15.0 Å². The standard InChI is InChI=1S/C23H28N2O3/c1-4-25(19-10-7-8-17(2)16-19)22(27)23(13-14-23)21(26)24-15-12-18-9-5-6-11-20(18)28-3/h5-11,16H,4,12-15H2,1-3H3,(H,24,26). The molecule has 0 aliphatic heterocycles. The lowest BCUT2D eigenvalue weighted by Gasteiger charge is -2.26. The van der Waals surface area contributed by atoms with Gasteiger partial charge in [-0.3, -0.25) is 9.59 Å². The Kier molecular flexibility index (Phi) is 6.02. The third-order valence-corrected chi connectivity index (χ3v) is 5.34. The summed E-state index contributed by atoms with van der Waals surface area (Å²) in [7, 11) is 1.64. The van der Waals surface area contributed by atoms with Crippen LogP contribution in [0.2, 0.25) is 0 Å². The molecule has 28 heavy (non-hydrogen) atoms. The first kappa shape index (κ1) is 19.9. The van der Waals surface area contributed by atoms with Gasteiger partial charge in [-0.05, 0) is 62.4 Å². The summed E-state index contributed by atoms with van der Waals surface area (Å²) in [6, 6.07) is 15.6. The van der Waals surface area contributed by atoms with Crippen LogP contribution in [0.3, 0.4) is 0 Å². The molecule has 5 heteroatoms. The van der Waals surface area contributed by atoms with Crippen LogP contribution in [0.4, 0.5) is 5.69 Å². The van der Waals surface area contributed by atoms with E-state index in [-0.39, 0.29) is 11.8 Å². The second-order valence-corrected chi connectivity index (χ2v) is 7.29. The minimum Gasteiger partial charge on any atom is -0.496 e. The van der Waals surface area contributed by atoms with Gasteiger partial charge >= 0.3 is 0 Å². The molecular formula is C23H28N2O3. The lowest BCUT2D eigenvalue weighted by atomic mass is 10.0. The Hall–Kier alpha value is -2.82. The van der Waals surface area contributed by atoms with Crippen molar-refractivity contribution >= 4 is 17.5 Å². The number of nitrogens with zero attached hydrogens (tertiary/aromatic N) is 1. The number of nitrogens with one attached hydrogen (secondary N) is 1. The molecule has 0 bridgehead atoms. The number of para-hydroxylation sites is 1. The molecule has 0 heterocycles. The van der Waals surface area contributed by atoms with Crippen LogP contribution in [0.1, 0.15) is 30.9 Å². The molecule has 3 rings (SSSR count). The van der Waals surface area contributed by atoms with Gasteiger partial charge in [-0.2, -0.15) is 0 Å². The summed E-state index contributed by atoms with van der Waals surface area (Å²) in [6.07, 6.45) is 1.87. The van der Waals surface area contributed by atoms with Gasteiger partial charge in [0.05, 0.1) is 7.11 Å². The number of carbonyl (C=O) groups excluding carboxylic acids is 2. The van der Waals surface area contributed by atoms with Gasteiger partial charge in [0.2, 0.25) is 11.8 Å². The van der Waals surface area contributed by atoms with E-state index in [1.807, 2.05) is 62.4 Å². The van der Waals surface area contributed by atoms with E-state index in [2.05, 4.69) is 5.32 Å². The molecule has 0 radical (unpaired) electrons. The molecule has 2 aromatic rings. The minimum atomic E-state index is -0.916. The Morgan fingerprint density at radius 1 is 1.14 bits per heavy atom. The van der Waals surface area contributed by atoms with Gasteiger partial charge in [-0.15, -0.1) is 0 Å². The maximum absolute atomic E-state index is 13.2. The van der Waals surface area contributed by atoms with Crippen molar-refractivity contribution < 1.29 is 14.3 Å². The van der Waals surface area contributed by atoms with Crippen molar-refractivity contribution in [1.82, 2.24) is 5.32 Å². The number of aryl methyl sites for hydroxylation is 1. The zero-order valence-corrected chi connectivity index (χ0v) is 16.8. The summed E-state index contributed by atoms with van der Waals surface area (Å²) < 4.78 is 5.35. The van der Waals surface area contributed by atoms with E-state index >= 15 is 0 Å². The number of ether oxygens (including phenoxy) is 1. The van der Waals surface area contributed by atoms with Crippen molar-refractivity contribution in [2.45, 2.75) is 33.1 Å². The van der Waals surface area contributed by atoms with E-state index in [4.69, 9.17) is 4.74 Å². The summed E-state index contributed by atoms with van der Waals surface area (Å²) in [5, 5.41) is 2.97. The molecule has 0 spiro atoms. The van der Waals surface area contributed by atoms with Gasteiger partial charge in [0.15, 0.2) is 0 Å². The van der Waals surface area contributed by atoms with Crippen LogP contribution in [-0.4, -0.2) is 32.0 Å². The van der Waals surface area contributed by atoms with E-state index < -0.39 is 5.41 Å². The van der Waals surface area contributed by atoms with Crippen molar-refractivity contribution in [3.63, 3.8) is 0 Å². The number of anilines is 1. The number of hydrogen-bond donors (Lipinski definition) is 1. The lowest BCUT2D eigenvalue weighted by Crippen LogP contribution is -2.46. The first-order valence-electron chi connectivity index (χ1n) is 9.80. The molecule has 1 aliphatic rings. The monoisotopic (exact) mass is 380 g/mol. The molecule has 0 atom stereocenters. The minimum absolute atomic E-state index is 0.101. The molecule has 2 amide bonds. The van der Waals surface area contributed by atoms with Crippen molar-refractivity contribution in [3.8, 4) is 5.75 Å². The zero-order chi connectivity index (χ0) is 20.1. The summed E-state index contributed by atoms with van der Waals surface area (Å²) in [6.45, 7) is 4.96. The molecule has 1 aliphatic carbocycles. The molecule has 0 aromatic heterocycles. The van der Waals surface area contributed by atoms with Gasteiger partial charge in [0, 0.05) is 18.8 Å². The Morgan fingerprint density at radius 3 is 2.54 bits per heavy atom. The topological polar surface area (TPSA) is 58.6 Å². The molecule has 1 saturated carbocycles. The second-order valence-electron chi connectivity index (χ2n) is 7.29. The molecule has 1 N–H and O–H groups in total. The molecule has 0 unspecified atom stereocenters. The largest absolute Gasteiger partial charge is 0.496 e. The third-order valence-electron chi connectivity index (χ3n) is 5.34. The van der Waals surface area contributed by atoms with E-state index in [1.54, 1.807) is 12.0 Å². The highest BCUT2D eigenvalue weighted by atomic mass is 16.5. The van der Waals surface area contributed by atoms with E-state index in [0.717, 1.165) is 22.6 Å². The van der Waals surface area contributed by atoms with Crippen LogP contribution in [0, 0.1) is 12.3 Å². The third kappa shape index (κ3) is 4.03. The SMILES string of the molecule is CCN(C(=O)C1(C(=O)NCCc2ccccc2OC)CC1)c1cccc(C)c1. The fraction of sp³-hybridized carbons (Fsp3) is 0.391. The van der Waals surface area contributed by atoms with Crippen LogP contribution in [-0.2, 0) is 16.0 Å². The fourth-order valence-corrected chi connectivity index (χ4v) is 3.55. The first-order chi connectivity index (χ1) is 13.5. The van der Waals surface area contributed by atoms with E-state index in [0.29, 0.717) is 32.4 Å². The number of benzene rings is 2. The predicted molar refractivity (Wildman–Crippen MR) is 111 cm³/mol. The van der Waals surface area contributed by atoms with E-state index in [1.165, 1.54) is 0 Å². The molecule has 0 saturated heterocycles. The summed E-state index contributed by atoms with van der Waals surface area (Å²) >= 11 is 0. The van der Waals surface area contributed by atoms with Crippen LogP contribution in [0.5, 0.6) is 5.75 Å². The fourth-order valence-electron chi connectivity index (χ4n) is 3.55. The number of rotatable bonds is 8. The Balaban J connectivity index is 1.65. The highest BCUT2D eigenvalue weighted by molar-refractivity contribution is 6.14. The molecular weight excluding hydrogens is 352 g/mol. The average Bonchev–Trinajstić information content (AvgIpc) is 3.51. The van der Waals surface area contributed by atoms with Crippen molar-refractivity contribution in [3.05, 3.63) is 59.7 Å². The Morgan fingerprint density at radius 2 is 1.89 bits per heavy atom. The highest BCUT2D eigenvalue weighted by Gasteiger charge is 2.57. The first-order valence-corrected chi connectivity index (χ1v) is 9.80. The highest BCUT2D eigenvalue weighted by Crippen LogP contribution is 2.48. The van der Waals surface area contributed by atoms with Crippen LogP contribution in [0.15, 0.2) is 48.5 Å². The maximum atomic E-state index is 13.2.